The van der Waals surface area contributed by atoms with Crippen LogP contribution in [-0.4, -0.2) is 368 Å². The molecule has 10 unspecified atom stereocenters. The van der Waals surface area contributed by atoms with Crippen molar-refractivity contribution in [3.05, 3.63) is 0 Å². The van der Waals surface area contributed by atoms with Crippen molar-refractivity contribution in [3.8, 4) is 0 Å². The highest BCUT2D eigenvalue weighted by molar-refractivity contribution is 5.01. The van der Waals surface area contributed by atoms with Gasteiger partial charge in [-0.25, -0.2) is 0 Å². The van der Waals surface area contributed by atoms with Crippen molar-refractivity contribution in [1.82, 2.24) is 0 Å². The molecule has 21 fully saturated rings. The van der Waals surface area contributed by atoms with Crippen LogP contribution in [0.15, 0.2) is 0 Å². The lowest BCUT2D eigenvalue weighted by Gasteiger charge is -2.50. The third-order valence-corrected chi connectivity index (χ3v) is 14.8. The van der Waals surface area contributed by atoms with Crippen LogP contribution in [0.3, 0.4) is 0 Å². The summed E-state index contributed by atoms with van der Waals surface area (Å²) in [6.45, 7) is -7.33. The first-order chi connectivity index (χ1) is 36.7. The molecule has 0 amide bonds. The van der Waals surface area contributed by atoms with E-state index in [9.17, 15) is 107 Å². The van der Waals surface area contributed by atoms with Gasteiger partial charge in [0.1, 0.15) is 171 Å². The van der Waals surface area contributed by atoms with E-state index in [1.807, 2.05) is 0 Å². The first kappa shape index (κ1) is 61.7. The molecule has 21 aliphatic rings. The largest absolute Gasteiger partial charge is 0.394 e. The van der Waals surface area contributed by atoms with Crippen LogP contribution in [0.4, 0.5) is 0 Å². The van der Waals surface area contributed by atoms with Gasteiger partial charge in [-0.05, 0) is 0 Å². The molecular formula is C42H70O35. The van der Waals surface area contributed by atoms with Crippen molar-refractivity contribution in [2.24, 2.45) is 0 Å². The normalized spacial score (nSPS) is 55.4. The molecule has 21 N–H and O–H groups in total. The lowest BCUT2D eigenvalue weighted by Crippen LogP contribution is -2.68. The Balaban J connectivity index is 1.08. The number of hydrogen-bond donors (Lipinski definition) is 21. The Bertz CT molecular complexity index is 1470. The molecule has 0 aromatic carbocycles. The van der Waals surface area contributed by atoms with Gasteiger partial charge in [0.2, 0.25) is 0 Å². The molecule has 21 saturated heterocycles. The second-order valence-electron chi connectivity index (χ2n) is 19.7. The van der Waals surface area contributed by atoms with Crippen LogP contribution in [-0.2, 0) is 66.3 Å². The maximum absolute atomic E-state index is 11.3. The van der Waals surface area contributed by atoms with Crippen LogP contribution in [0.2, 0.25) is 0 Å². The molecule has 35 nitrogen and oxygen atoms in total. The minimum atomic E-state index is -2.21. The van der Waals surface area contributed by atoms with E-state index in [1.165, 1.54) is 0 Å². The number of aliphatic hydroxyl groups is 21. The monoisotopic (exact) mass is 1130 g/mol. The Morgan fingerprint density at radius 1 is 0.156 bits per heavy atom. The van der Waals surface area contributed by atoms with Crippen molar-refractivity contribution < 1.29 is 174 Å². The summed E-state index contributed by atoms with van der Waals surface area (Å²) >= 11 is 0. The van der Waals surface area contributed by atoms with Gasteiger partial charge in [0.15, 0.2) is 44.0 Å². The molecule has 21 aliphatic heterocycles. The van der Waals surface area contributed by atoms with Crippen molar-refractivity contribution >= 4 is 0 Å². The van der Waals surface area contributed by atoms with Crippen molar-refractivity contribution in [2.75, 3.05) is 46.2 Å². The van der Waals surface area contributed by atoms with Gasteiger partial charge in [-0.1, -0.05) is 0 Å². The second kappa shape index (κ2) is 26.0. The maximum Gasteiger partial charge on any atom is 0.187 e. The standard InChI is InChI=1S/C42H70O35/c43-1-8-29-15(50)22(57)36(64-8)72-30-9(2-44)66-38(24(59)17(30)52)74-32-11(4-46)68-40(26(61)19(32)54)76-34-13(6-48)70-42(28(63)21(34)56)77-35-14(7-49)69-41(27(62)20(35)55)75-33-12(5-47)67-39(25(60)18(33)53)73-31-10(3-45)65-37(71-29)23(58)16(31)51/h8-63H,1-7H2/t8-,9-,10-,11-,12-,13-,14-,15-,16-,17-,18-,19-,20-,21-,22-,23+,24+,25+,26+,27+,28+,29+,30+,31+,32+,33?,34?,35?,36?,37?,38?,39?,40?,41?,42?/m1/s1. The summed E-state index contributed by atoms with van der Waals surface area (Å²) in [5.41, 5.74) is 0. The van der Waals surface area contributed by atoms with E-state index in [-0.39, 0.29) is 0 Å². The highest BCUT2D eigenvalue weighted by atomic mass is 16.8. The van der Waals surface area contributed by atoms with Gasteiger partial charge < -0.3 is 174 Å². The van der Waals surface area contributed by atoms with Gasteiger partial charge >= 0.3 is 0 Å². The van der Waals surface area contributed by atoms with Crippen LogP contribution in [0.5, 0.6) is 0 Å². The van der Waals surface area contributed by atoms with Gasteiger partial charge in [-0.2, -0.15) is 0 Å². The lowest BCUT2D eigenvalue weighted by molar-refractivity contribution is -0.396. The second-order valence-corrected chi connectivity index (χ2v) is 19.7. The number of ether oxygens (including phenoxy) is 14. The zero-order valence-corrected chi connectivity index (χ0v) is 40.3. The Kier molecular flexibility index (Phi) is 20.8. The van der Waals surface area contributed by atoms with Gasteiger partial charge in [0.05, 0.1) is 46.2 Å². The Morgan fingerprint density at radius 3 is 0.351 bits per heavy atom. The molecular weight excluding hydrogens is 1060 g/mol. The average Bonchev–Trinajstić information content (AvgIpc) is 3.47. The van der Waals surface area contributed by atoms with Crippen LogP contribution >= 0.6 is 0 Å². The minimum absolute atomic E-state index is 1.05. The van der Waals surface area contributed by atoms with E-state index in [4.69, 9.17) is 66.3 Å². The number of rotatable bonds is 7. The summed E-state index contributed by atoms with van der Waals surface area (Å²) in [7, 11) is 0. The quantitative estimate of drug-likeness (QED) is 0.113. The first-order valence-corrected chi connectivity index (χ1v) is 24.6. The van der Waals surface area contributed by atoms with Crippen LogP contribution in [0.1, 0.15) is 0 Å². The van der Waals surface area contributed by atoms with Crippen LogP contribution in [0.25, 0.3) is 0 Å². The van der Waals surface area contributed by atoms with Crippen molar-refractivity contribution in [3.63, 3.8) is 0 Å². The van der Waals surface area contributed by atoms with E-state index >= 15 is 0 Å². The fraction of sp³-hybridized carbons (Fsp3) is 1.00. The molecule has 35 atom stereocenters. The molecule has 14 bridgehead atoms. The zero-order valence-electron chi connectivity index (χ0n) is 40.3. The fourth-order valence-electron chi connectivity index (χ4n) is 10.4. The molecule has 448 valence electrons. The number of hydrogen-bond acceptors (Lipinski definition) is 35. The fourth-order valence-corrected chi connectivity index (χ4v) is 10.4. The van der Waals surface area contributed by atoms with Gasteiger partial charge in [0, 0.05) is 0 Å². The highest BCUT2D eigenvalue weighted by Gasteiger charge is 2.59. The van der Waals surface area contributed by atoms with E-state index in [0.717, 1.165) is 0 Å². The van der Waals surface area contributed by atoms with Gasteiger partial charge in [-0.15, -0.1) is 0 Å². The molecule has 77 heavy (non-hydrogen) atoms. The van der Waals surface area contributed by atoms with Gasteiger partial charge in [-0.3, -0.25) is 0 Å². The predicted octanol–water partition coefficient (Wildman–Crippen LogP) is -15.2. The van der Waals surface area contributed by atoms with Crippen molar-refractivity contribution in [1.29, 1.82) is 0 Å². The summed E-state index contributed by atoms with van der Waals surface area (Å²) in [5, 5.41) is 230. The van der Waals surface area contributed by atoms with Crippen molar-refractivity contribution in [2.45, 2.75) is 215 Å². The summed E-state index contributed by atoms with van der Waals surface area (Å²) in [5.74, 6) is 0. The molecule has 35 heteroatoms. The molecule has 0 aromatic heterocycles. The average molecular weight is 1130 g/mol. The molecule has 0 saturated carbocycles. The zero-order chi connectivity index (χ0) is 56.1. The molecule has 0 spiro atoms. The third kappa shape index (κ3) is 12.1. The summed E-state index contributed by atoms with van der Waals surface area (Å²) < 4.78 is 79.5. The molecule has 0 radical (unpaired) electrons. The summed E-state index contributed by atoms with van der Waals surface area (Å²) in [6, 6.07) is 0. The SMILES string of the molecule is OC[C@H]1OC2OC3[C@@H](CO)OC(OC4[C@@H](CO)OC(O[C@@H]5[C@H](O)[C@H](O)C(O[C@@H]6[C@H](O)[C@@H](O)C(O[C@@H]7[C@H](O)[C@H](O)C(O[C@@H]8[C@H](O)[C@H](O)C(OC1[C@H](O)[C@@H]2O)O[C@@H]8CO)O[C@@H]7CO)O[C@@H]6CO)O[C@@H]5CO)[C@@H](O)[C@H]4O)[C@@H](O)[C@H]3O. The van der Waals surface area contributed by atoms with Crippen LogP contribution < -0.4 is 0 Å². The predicted molar refractivity (Wildman–Crippen MR) is 228 cm³/mol. The van der Waals surface area contributed by atoms with E-state index in [2.05, 4.69) is 0 Å². The summed E-state index contributed by atoms with van der Waals surface area (Å²) in [4.78, 5) is 0. The summed E-state index contributed by atoms with van der Waals surface area (Å²) in [6.07, 6.45) is -70.2. The Hall–Kier alpha value is -1.40. The molecule has 0 aliphatic carbocycles. The van der Waals surface area contributed by atoms with E-state index in [0.29, 0.717) is 0 Å². The Labute approximate surface area is 434 Å². The van der Waals surface area contributed by atoms with Gasteiger partial charge in [0.25, 0.3) is 0 Å². The topological polar surface area (TPSA) is 554 Å². The maximum atomic E-state index is 11.3. The smallest absolute Gasteiger partial charge is 0.187 e. The molecule has 0 aromatic rings. The van der Waals surface area contributed by atoms with E-state index < -0.39 is 261 Å². The first-order valence-electron chi connectivity index (χ1n) is 24.6. The van der Waals surface area contributed by atoms with E-state index in [1.54, 1.807) is 0 Å². The Morgan fingerprint density at radius 2 is 0.260 bits per heavy atom. The third-order valence-electron chi connectivity index (χ3n) is 14.8. The number of aliphatic hydroxyl groups excluding tert-OH is 21. The highest BCUT2D eigenvalue weighted by Crippen LogP contribution is 2.39. The lowest BCUT2D eigenvalue weighted by atomic mass is 9.95. The molecule has 21 rings (SSSR count). The van der Waals surface area contributed by atoms with Crippen LogP contribution in [0, 0.1) is 0 Å². The molecule has 21 heterocycles. The minimum Gasteiger partial charge on any atom is -0.394 e.